The Kier molecular flexibility index (Phi) is 7.33. The van der Waals surface area contributed by atoms with Crippen molar-refractivity contribution in [3.8, 4) is 11.8 Å². The molecule has 1 saturated carbocycles. The summed E-state index contributed by atoms with van der Waals surface area (Å²) in [5.74, 6) is 0.443. The number of likely N-dealkylation sites (tertiary alicyclic amines) is 1. The van der Waals surface area contributed by atoms with Crippen LogP contribution in [0, 0.1) is 24.2 Å². The molecular formula is C31H32N6O4S. The van der Waals surface area contributed by atoms with Crippen molar-refractivity contribution in [2.24, 2.45) is 5.92 Å². The number of thiophene rings is 1. The summed E-state index contributed by atoms with van der Waals surface area (Å²) < 4.78 is 5.81. The number of allylic oxidation sites excluding steroid dienone is 1. The lowest BCUT2D eigenvalue weighted by atomic mass is 10.0. The van der Waals surface area contributed by atoms with Gasteiger partial charge in [0, 0.05) is 25.3 Å². The highest BCUT2D eigenvalue weighted by atomic mass is 32.1. The van der Waals surface area contributed by atoms with Gasteiger partial charge in [0.25, 0.3) is 11.8 Å². The fraction of sp³-hybridized carbons (Fsp3) is 0.387. The van der Waals surface area contributed by atoms with Gasteiger partial charge in [-0.15, -0.1) is 11.3 Å². The summed E-state index contributed by atoms with van der Waals surface area (Å²) >= 11 is 1.22. The largest absolute Gasteiger partial charge is 0.491 e. The Morgan fingerprint density at radius 3 is 2.76 bits per heavy atom. The van der Waals surface area contributed by atoms with Gasteiger partial charge in [-0.25, -0.2) is 9.78 Å². The number of nitrogens with one attached hydrogen (secondary N) is 2. The first-order valence-corrected chi connectivity index (χ1v) is 15.1. The molecule has 1 aliphatic carbocycles. The third-order valence-electron chi connectivity index (χ3n) is 7.65. The van der Waals surface area contributed by atoms with Crippen molar-refractivity contribution in [3.63, 3.8) is 0 Å². The zero-order valence-corrected chi connectivity index (χ0v) is 24.6. The van der Waals surface area contributed by atoms with Crippen LogP contribution in [-0.2, 0) is 4.79 Å². The highest BCUT2D eigenvalue weighted by molar-refractivity contribution is 7.21. The first kappa shape index (κ1) is 27.7. The molecule has 2 N–H and O–H groups in total. The first-order valence-electron chi connectivity index (χ1n) is 14.3. The number of piperidine rings is 1. The lowest BCUT2D eigenvalue weighted by Crippen LogP contribution is -2.50. The number of benzene rings is 1. The van der Waals surface area contributed by atoms with Crippen molar-refractivity contribution in [1.82, 2.24) is 15.2 Å². The van der Waals surface area contributed by atoms with Crippen LogP contribution in [0.1, 0.15) is 54.8 Å². The molecular weight excluding hydrogens is 552 g/mol. The molecule has 1 atom stereocenters. The number of amides is 4. The normalized spacial score (nSPS) is 18.6. The van der Waals surface area contributed by atoms with Gasteiger partial charge in [-0.2, -0.15) is 5.26 Å². The van der Waals surface area contributed by atoms with Crippen LogP contribution >= 0.6 is 11.3 Å². The minimum Gasteiger partial charge on any atom is -0.491 e. The second kappa shape index (κ2) is 11.1. The summed E-state index contributed by atoms with van der Waals surface area (Å²) in [6, 6.07) is 8.80. The third-order valence-corrected chi connectivity index (χ3v) is 8.75. The van der Waals surface area contributed by atoms with E-state index in [9.17, 15) is 19.6 Å². The highest BCUT2D eigenvalue weighted by Crippen LogP contribution is 2.46. The lowest BCUT2D eigenvalue weighted by Gasteiger charge is -2.33. The van der Waals surface area contributed by atoms with Crippen LogP contribution in [0.5, 0.6) is 5.75 Å². The Morgan fingerprint density at radius 2 is 2.05 bits per heavy atom. The van der Waals surface area contributed by atoms with E-state index in [2.05, 4.69) is 21.7 Å². The maximum Gasteiger partial charge on any atom is 0.331 e. The number of ether oxygens (including phenoxy) is 1. The van der Waals surface area contributed by atoms with E-state index in [-0.39, 0.29) is 35.6 Å². The molecule has 2 aliphatic heterocycles. The standard InChI is InChI=1S/C31H32N6O4S/c1-17(2)41-22-8-9-23(18(3)13-22)37-24-10-11-33-29-25(24)26(35-31(37)40)27(42-29)28(38)34-21-5-4-12-36(16-21)30(39)20(15-32)14-19-6-7-19/h8-11,13-14,17,19,21H,4-7,12,16H2,1-3H3,(H,34,38)(H,35,40)/b20-14+/t21-/m1/s1. The first-order chi connectivity index (χ1) is 20.2. The molecule has 1 saturated heterocycles. The molecule has 0 bridgehead atoms. The van der Waals surface area contributed by atoms with Crippen LogP contribution in [0.2, 0.25) is 0 Å². The number of carbonyl (C=O) groups is 3. The Bertz CT molecular complexity index is 1670. The van der Waals surface area contributed by atoms with Gasteiger partial charge in [0.05, 0.1) is 28.6 Å². The van der Waals surface area contributed by atoms with Crippen LogP contribution in [0.15, 0.2) is 42.1 Å². The van der Waals surface area contributed by atoms with Gasteiger partial charge in [0.1, 0.15) is 27.1 Å². The number of nitriles is 1. The van der Waals surface area contributed by atoms with Gasteiger partial charge >= 0.3 is 6.03 Å². The minimum atomic E-state index is -0.371. The predicted molar refractivity (Wildman–Crippen MR) is 161 cm³/mol. The Hall–Kier alpha value is -4.43. The predicted octanol–water partition coefficient (Wildman–Crippen LogP) is 5.66. The van der Waals surface area contributed by atoms with E-state index in [0.717, 1.165) is 30.6 Å². The lowest BCUT2D eigenvalue weighted by molar-refractivity contribution is -0.128. The van der Waals surface area contributed by atoms with Crippen LogP contribution in [0.3, 0.4) is 0 Å². The SMILES string of the molecule is Cc1cc(OC(C)C)ccc1N1C(=O)Nc2c(C(=O)N[C@@H]3CCCN(C(=O)/C(C#N)=C/C4CC4)C3)sc3nccc1c23. The second-order valence-corrected chi connectivity index (χ2v) is 12.3. The summed E-state index contributed by atoms with van der Waals surface area (Å²) in [7, 11) is 0. The molecule has 0 spiro atoms. The van der Waals surface area contributed by atoms with Gasteiger partial charge in [0.15, 0.2) is 0 Å². The number of aryl methyl sites for hydroxylation is 1. The molecule has 0 radical (unpaired) electrons. The molecule has 42 heavy (non-hydrogen) atoms. The zero-order valence-electron chi connectivity index (χ0n) is 23.8. The Balaban J connectivity index is 1.25. The second-order valence-electron chi connectivity index (χ2n) is 11.3. The number of pyridine rings is 1. The van der Waals surface area contributed by atoms with E-state index >= 15 is 0 Å². The molecule has 4 amide bonds. The fourth-order valence-electron chi connectivity index (χ4n) is 5.56. The summed E-state index contributed by atoms with van der Waals surface area (Å²) in [6.45, 7) is 6.72. The summed E-state index contributed by atoms with van der Waals surface area (Å²) in [5, 5.41) is 16.2. The molecule has 2 fully saturated rings. The number of urea groups is 1. The van der Waals surface area contributed by atoms with Crippen molar-refractivity contribution < 1.29 is 19.1 Å². The van der Waals surface area contributed by atoms with Crippen molar-refractivity contribution in [3.05, 3.63) is 52.6 Å². The molecule has 10 nitrogen and oxygen atoms in total. The summed E-state index contributed by atoms with van der Waals surface area (Å²) in [5.41, 5.74) is 2.85. The van der Waals surface area contributed by atoms with Crippen LogP contribution in [0.25, 0.3) is 10.2 Å². The van der Waals surface area contributed by atoms with E-state index in [0.29, 0.717) is 57.6 Å². The molecule has 0 unspecified atom stereocenters. The van der Waals surface area contributed by atoms with E-state index in [4.69, 9.17) is 4.74 Å². The quantitative estimate of drug-likeness (QED) is 0.273. The highest BCUT2D eigenvalue weighted by Gasteiger charge is 2.35. The fourth-order valence-corrected chi connectivity index (χ4v) is 6.59. The van der Waals surface area contributed by atoms with Crippen molar-refractivity contribution >= 4 is 56.5 Å². The van der Waals surface area contributed by atoms with Crippen molar-refractivity contribution in [2.45, 2.75) is 58.6 Å². The number of anilines is 3. The molecule has 3 aliphatic rings. The molecule has 1 aromatic carbocycles. The number of carbonyl (C=O) groups excluding carboxylic acids is 3. The monoisotopic (exact) mass is 584 g/mol. The number of hydrogen-bond donors (Lipinski definition) is 2. The average Bonchev–Trinajstić information content (AvgIpc) is 3.71. The Labute approximate surface area is 248 Å². The average molecular weight is 585 g/mol. The van der Waals surface area contributed by atoms with E-state index in [1.165, 1.54) is 11.3 Å². The number of rotatable bonds is 7. The van der Waals surface area contributed by atoms with Crippen molar-refractivity contribution in [2.75, 3.05) is 23.3 Å². The van der Waals surface area contributed by atoms with Gasteiger partial charge in [-0.1, -0.05) is 6.08 Å². The molecule has 2 aromatic heterocycles. The minimum absolute atomic E-state index is 0.0302. The molecule has 216 valence electrons. The van der Waals surface area contributed by atoms with Gasteiger partial charge in [-0.3, -0.25) is 14.5 Å². The summed E-state index contributed by atoms with van der Waals surface area (Å²) in [6.07, 6.45) is 6.90. The molecule has 4 heterocycles. The van der Waals surface area contributed by atoms with Gasteiger partial charge in [-0.05, 0) is 82.2 Å². The maximum absolute atomic E-state index is 13.6. The van der Waals surface area contributed by atoms with Gasteiger partial charge < -0.3 is 20.3 Å². The number of aromatic nitrogens is 1. The maximum atomic E-state index is 13.6. The Morgan fingerprint density at radius 1 is 1.24 bits per heavy atom. The van der Waals surface area contributed by atoms with E-state index < -0.39 is 0 Å². The van der Waals surface area contributed by atoms with Crippen LogP contribution in [-0.4, -0.2) is 53.0 Å². The van der Waals surface area contributed by atoms with Crippen LogP contribution in [0.4, 0.5) is 21.9 Å². The number of hydrogen-bond acceptors (Lipinski definition) is 7. The smallest absolute Gasteiger partial charge is 0.331 e. The zero-order chi connectivity index (χ0) is 29.5. The molecule has 6 rings (SSSR count). The van der Waals surface area contributed by atoms with Crippen molar-refractivity contribution in [1.29, 1.82) is 5.26 Å². The topological polar surface area (TPSA) is 128 Å². The molecule has 3 aromatic rings. The summed E-state index contributed by atoms with van der Waals surface area (Å²) in [4.78, 5) is 48.9. The number of nitrogens with zero attached hydrogens (tertiary/aromatic N) is 4. The van der Waals surface area contributed by atoms with Crippen LogP contribution < -0.4 is 20.3 Å². The third kappa shape index (κ3) is 5.30. The van der Waals surface area contributed by atoms with E-state index in [1.807, 2.05) is 39.0 Å². The van der Waals surface area contributed by atoms with Gasteiger partial charge in [0.2, 0.25) is 0 Å². The molecule has 11 heteroatoms. The van der Waals surface area contributed by atoms with E-state index in [1.54, 1.807) is 28.1 Å².